The molecule has 2 amide bonds. The van der Waals surface area contributed by atoms with Crippen LogP contribution in [0.5, 0.6) is 0 Å². The number of ether oxygens (including phenoxy) is 3. The Morgan fingerprint density at radius 2 is 1.32 bits per heavy atom. The standard InChI is InChI=1S/C19H19NO8/c1-10(9-13(17(23)26-2)18(24)27-3)14(19(25)28-4)20-15(21)11-7-5-6-8-12(11)16(20)22/h5-8,13-14H,1,9H2,2-4H3/t14-/m0/s1. The van der Waals surface area contributed by atoms with E-state index in [0.29, 0.717) is 4.90 Å². The van der Waals surface area contributed by atoms with Crippen LogP contribution < -0.4 is 0 Å². The molecule has 148 valence electrons. The molecular weight excluding hydrogens is 370 g/mol. The van der Waals surface area contributed by atoms with Crippen molar-refractivity contribution in [2.24, 2.45) is 5.92 Å². The van der Waals surface area contributed by atoms with E-state index in [4.69, 9.17) is 4.74 Å². The molecule has 0 N–H and O–H groups in total. The molecule has 0 aromatic heterocycles. The molecule has 28 heavy (non-hydrogen) atoms. The number of carbonyl (C=O) groups is 5. The van der Waals surface area contributed by atoms with Crippen LogP contribution in [0.25, 0.3) is 0 Å². The summed E-state index contributed by atoms with van der Waals surface area (Å²) in [6, 6.07) is 4.56. The first-order valence-corrected chi connectivity index (χ1v) is 8.16. The SMILES string of the molecule is C=C(CC(C(=O)OC)C(=O)OC)[C@@H](C(=O)OC)N1C(=O)c2ccccc2C1=O. The smallest absolute Gasteiger partial charge is 0.333 e. The van der Waals surface area contributed by atoms with E-state index in [1.807, 2.05) is 0 Å². The van der Waals surface area contributed by atoms with E-state index in [0.717, 1.165) is 21.3 Å². The Kier molecular flexibility index (Phi) is 6.29. The third-order valence-corrected chi connectivity index (χ3v) is 4.33. The van der Waals surface area contributed by atoms with Gasteiger partial charge in [-0.15, -0.1) is 0 Å². The van der Waals surface area contributed by atoms with E-state index in [-0.39, 0.29) is 23.1 Å². The maximum atomic E-state index is 12.7. The van der Waals surface area contributed by atoms with Crippen LogP contribution in [0.2, 0.25) is 0 Å². The molecular formula is C19H19NO8. The molecule has 1 aromatic rings. The zero-order chi connectivity index (χ0) is 21.0. The topological polar surface area (TPSA) is 116 Å². The van der Waals surface area contributed by atoms with Crippen LogP contribution in [-0.2, 0) is 28.6 Å². The van der Waals surface area contributed by atoms with Crippen LogP contribution >= 0.6 is 0 Å². The molecule has 1 heterocycles. The average Bonchev–Trinajstić information content (AvgIpc) is 2.96. The molecule has 0 spiro atoms. The second-order valence-electron chi connectivity index (χ2n) is 5.91. The van der Waals surface area contributed by atoms with E-state index < -0.39 is 41.7 Å². The van der Waals surface area contributed by atoms with Gasteiger partial charge in [-0.2, -0.15) is 0 Å². The van der Waals surface area contributed by atoms with Gasteiger partial charge in [0.05, 0.1) is 32.5 Å². The minimum Gasteiger partial charge on any atom is -0.468 e. The number of methoxy groups -OCH3 is 3. The number of amides is 2. The van der Waals surface area contributed by atoms with Gasteiger partial charge in [0.15, 0.2) is 12.0 Å². The Morgan fingerprint density at radius 1 is 0.893 bits per heavy atom. The fourth-order valence-corrected chi connectivity index (χ4v) is 2.93. The molecule has 1 aliphatic rings. The third kappa shape index (κ3) is 3.64. The van der Waals surface area contributed by atoms with Gasteiger partial charge in [0.25, 0.3) is 11.8 Å². The summed E-state index contributed by atoms with van der Waals surface area (Å²) in [7, 11) is 3.25. The molecule has 0 unspecified atom stereocenters. The van der Waals surface area contributed by atoms with Crippen molar-refractivity contribution < 1.29 is 38.2 Å². The molecule has 9 heteroatoms. The van der Waals surface area contributed by atoms with Gasteiger partial charge in [0, 0.05) is 0 Å². The number of nitrogens with zero attached hydrogens (tertiary/aromatic N) is 1. The maximum absolute atomic E-state index is 12.7. The zero-order valence-corrected chi connectivity index (χ0v) is 15.6. The highest BCUT2D eigenvalue weighted by molar-refractivity contribution is 6.23. The van der Waals surface area contributed by atoms with Gasteiger partial charge in [-0.25, -0.2) is 4.79 Å². The normalized spacial score (nSPS) is 13.8. The van der Waals surface area contributed by atoms with E-state index in [1.54, 1.807) is 12.1 Å². The first-order valence-electron chi connectivity index (χ1n) is 8.16. The van der Waals surface area contributed by atoms with Gasteiger partial charge in [-0.05, 0) is 24.1 Å². The van der Waals surface area contributed by atoms with Gasteiger partial charge >= 0.3 is 17.9 Å². The molecule has 0 saturated heterocycles. The Bertz CT molecular complexity index is 808. The summed E-state index contributed by atoms with van der Waals surface area (Å²) in [5.74, 6) is -5.56. The lowest BCUT2D eigenvalue weighted by Gasteiger charge is -2.26. The van der Waals surface area contributed by atoms with E-state index in [1.165, 1.54) is 12.1 Å². The Balaban J connectivity index is 2.39. The molecule has 0 aliphatic carbocycles. The maximum Gasteiger partial charge on any atom is 0.333 e. The number of hydrogen-bond donors (Lipinski definition) is 0. The second-order valence-corrected chi connectivity index (χ2v) is 5.91. The monoisotopic (exact) mass is 389 g/mol. The van der Waals surface area contributed by atoms with Crippen LogP contribution in [0.4, 0.5) is 0 Å². The van der Waals surface area contributed by atoms with Crippen LogP contribution in [0.3, 0.4) is 0 Å². The molecule has 2 rings (SSSR count). The van der Waals surface area contributed by atoms with Crippen molar-refractivity contribution in [1.29, 1.82) is 0 Å². The lowest BCUT2D eigenvalue weighted by Crippen LogP contribution is -2.47. The lowest BCUT2D eigenvalue weighted by atomic mass is 9.94. The Hall–Kier alpha value is -3.49. The molecule has 1 atom stereocenters. The summed E-state index contributed by atoms with van der Waals surface area (Å²) in [5.41, 5.74) is 0.209. The predicted octanol–water partition coefficient (Wildman–Crippen LogP) is 0.733. The van der Waals surface area contributed by atoms with Crippen LogP contribution in [0.15, 0.2) is 36.4 Å². The van der Waals surface area contributed by atoms with Crippen LogP contribution in [-0.4, -0.2) is 62.0 Å². The fraction of sp³-hybridized carbons (Fsp3) is 0.316. The number of esters is 3. The van der Waals surface area contributed by atoms with Gasteiger partial charge in [-0.1, -0.05) is 18.7 Å². The highest BCUT2D eigenvalue weighted by Gasteiger charge is 2.45. The van der Waals surface area contributed by atoms with E-state index >= 15 is 0 Å². The number of rotatable bonds is 7. The molecule has 1 aliphatic heterocycles. The molecule has 0 bridgehead atoms. The molecule has 0 radical (unpaired) electrons. The summed E-state index contributed by atoms with van der Waals surface area (Å²) in [6.07, 6.45) is -0.382. The first-order chi connectivity index (χ1) is 13.3. The summed E-state index contributed by atoms with van der Waals surface area (Å²) in [6.45, 7) is 3.71. The highest BCUT2D eigenvalue weighted by Crippen LogP contribution is 2.29. The summed E-state index contributed by atoms with van der Waals surface area (Å²) < 4.78 is 13.9. The summed E-state index contributed by atoms with van der Waals surface area (Å²) >= 11 is 0. The van der Waals surface area contributed by atoms with Crippen LogP contribution in [0, 0.1) is 5.92 Å². The van der Waals surface area contributed by atoms with Crippen molar-refractivity contribution in [2.75, 3.05) is 21.3 Å². The minimum atomic E-state index is -1.52. The predicted molar refractivity (Wildman–Crippen MR) is 94.0 cm³/mol. The Labute approximate surface area is 160 Å². The van der Waals surface area contributed by atoms with Crippen molar-refractivity contribution in [1.82, 2.24) is 4.90 Å². The first kappa shape index (κ1) is 20.8. The molecule has 9 nitrogen and oxygen atoms in total. The average molecular weight is 389 g/mol. The van der Waals surface area contributed by atoms with E-state index in [2.05, 4.69) is 16.1 Å². The summed E-state index contributed by atoms with van der Waals surface area (Å²) in [5, 5.41) is 0. The van der Waals surface area contributed by atoms with Crippen LogP contribution in [0.1, 0.15) is 27.1 Å². The fourth-order valence-electron chi connectivity index (χ4n) is 2.93. The van der Waals surface area contributed by atoms with Crippen molar-refractivity contribution >= 4 is 29.7 Å². The third-order valence-electron chi connectivity index (χ3n) is 4.33. The Morgan fingerprint density at radius 3 is 1.71 bits per heavy atom. The van der Waals surface area contributed by atoms with Crippen molar-refractivity contribution in [2.45, 2.75) is 12.5 Å². The number of benzene rings is 1. The number of hydrogen-bond acceptors (Lipinski definition) is 8. The van der Waals surface area contributed by atoms with E-state index in [9.17, 15) is 24.0 Å². The minimum absolute atomic E-state index is 0.0536. The van der Waals surface area contributed by atoms with Gasteiger partial charge in [-0.3, -0.25) is 24.1 Å². The van der Waals surface area contributed by atoms with Gasteiger partial charge in [0.1, 0.15) is 0 Å². The van der Waals surface area contributed by atoms with Gasteiger partial charge in [0.2, 0.25) is 0 Å². The number of carbonyl (C=O) groups excluding carboxylic acids is 5. The number of imide groups is 1. The molecule has 1 aromatic carbocycles. The quantitative estimate of drug-likeness (QED) is 0.220. The van der Waals surface area contributed by atoms with Crippen molar-refractivity contribution in [3.63, 3.8) is 0 Å². The summed E-state index contributed by atoms with van der Waals surface area (Å²) in [4.78, 5) is 62.3. The lowest BCUT2D eigenvalue weighted by molar-refractivity contribution is -0.159. The number of fused-ring (bicyclic) bond motifs is 1. The molecule has 0 saturated carbocycles. The highest BCUT2D eigenvalue weighted by atomic mass is 16.5. The van der Waals surface area contributed by atoms with Gasteiger partial charge < -0.3 is 14.2 Å². The zero-order valence-electron chi connectivity index (χ0n) is 15.6. The van der Waals surface area contributed by atoms with Crippen molar-refractivity contribution in [3.8, 4) is 0 Å². The van der Waals surface area contributed by atoms with Crippen molar-refractivity contribution in [3.05, 3.63) is 47.5 Å². The largest absolute Gasteiger partial charge is 0.468 e. The molecule has 0 fully saturated rings. The second kappa shape index (κ2) is 8.47.